The lowest BCUT2D eigenvalue weighted by Crippen LogP contribution is -2.30. The zero-order chi connectivity index (χ0) is 31.5. The average molecular weight is 650 g/mol. The van der Waals surface area contributed by atoms with Gasteiger partial charge in [0.25, 0.3) is 11.8 Å². The lowest BCUT2D eigenvalue weighted by Gasteiger charge is -2.14. The molecule has 0 aliphatic rings. The molecule has 0 aliphatic heterocycles. The Morgan fingerprint density at radius 3 is 2.50 bits per heavy atom. The Morgan fingerprint density at radius 1 is 0.977 bits per heavy atom. The third-order valence-corrected chi connectivity index (χ3v) is 8.52. The van der Waals surface area contributed by atoms with Gasteiger partial charge >= 0.3 is 0 Å². The van der Waals surface area contributed by atoms with Gasteiger partial charge in [-0.15, -0.1) is 11.8 Å². The molecule has 0 saturated carbocycles. The molecule has 0 aliphatic carbocycles. The number of methoxy groups -OCH3 is 2. The van der Waals surface area contributed by atoms with Gasteiger partial charge in [-0.2, -0.15) is 9.36 Å². The molecule has 4 aromatic rings. The van der Waals surface area contributed by atoms with Crippen molar-refractivity contribution in [3.63, 3.8) is 0 Å². The number of rotatable bonds is 13. The first-order chi connectivity index (χ1) is 21.3. The molecular weight excluding hydrogens is 619 g/mol. The van der Waals surface area contributed by atoms with Crippen LogP contribution in [-0.2, 0) is 9.59 Å². The van der Waals surface area contributed by atoms with Crippen molar-refractivity contribution < 1.29 is 23.9 Å². The number of nitrogens with zero attached hydrogens (tertiary/aromatic N) is 2. The van der Waals surface area contributed by atoms with Crippen molar-refractivity contribution in [3.8, 4) is 11.5 Å². The summed E-state index contributed by atoms with van der Waals surface area (Å²) in [6, 6.07) is 20.9. The fourth-order valence-corrected chi connectivity index (χ4v) is 6.01. The number of hydrogen-bond acceptors (Lipinski definition) is 10. The van der Waals surface area contributed by atoms with Crippen LogP contribution in [-0.4, -0.2) is 52.3 Å². The van der Waals surface area contributed by atoms with Gasteiger partial charge in [-0.1, -0.05) is 43.0 Å². The van der Waals surface area contributed by atoms with Crippen LogP contribution in [0.15, 0.2) is 88.5 Å². The van der Waals surface area contributed by atoms with Crippen LogP contribution < -0.4 is 25.4 Å². The first-order valence-electron chi connectivity index (χ1n) is 13.4. The smallest absolute Gasteiger partial charge is 0.272 e. The quantitative estimate of drug-likeness (QED) is 0.115. The molecule has 0 spiro atoms. The summed E-state index contributed by atoms with van der Waals surface area (Å²) in [5.41, 5.74) is 1.40. The summed E-state index contributed by atoms with van der Waals surface area (Å²) in [4.78, 5) is 44.5. The number of amides is 3. The third kappa shape index (κ3) is 9.09. The molecule has 1 aromatic heterocycles. The highest BCUT2D eigenvalue weighted by molar-refractivity contribution is 8.00. The molecule has 1 unspecified atom stereocenters. The molecule has 3 aromatic carbocycles. The summed E-state index contributed by atoms with van der Waals surface area (Å²) in [6.45, 7) is 3.80. The van der Waals surface area contributed by atoms with Gasteiger partial charge < -0.3 is 20.1 Å². The van der Waals surface area contributed by atoms with Gasteiger partial charge in [0.1, 0.15) is 17.2 Å². The second kappa shape index (κ2) is 15.9. The Bertz CT molecular complexity index is 1640. The first-order valence-corrected chi connectivity index (χ1v) is 16.1. The number of carbonyl (C=O) groups excluding carboxylic acids is 3. The minimum atomic E-state index is -0.552. The molecule has 228 valence electrons. The number of thioether (sulfide) groups is 2. The lowest BCUT2D eigenvalue weighted by atomic mass is 10.1. The summed E-state index contributed by atoms with van der Waals surface area (Å²) in [5, 5.41) is 9.03. The molecule has 13 heteroatoms. The van der Waals surface area contributed by atoms with E-state index < -0.39 is 17.1 Å². The van der Waals surface area contributed by atoms with Crippen molar-refractivity contribution in [2.45, 2.75) is 29.1 Å². The van der Waals surface area contributed by atoms with Crippen molar-refractivity contribution in [1.29, 1.82) is 0 Å². The normalized spacial score (nSPS) is 11.8. The molecule has 0 radical (unpaired) electrons. The number of aromatic nitrogens is 2. The van der Waals surface area contributed by atoms with E-state index in [0.717, 1.165) is 22.2 Å². The van der Waals surface area contributed by atoms with Crippen molar-refractivity contribution >= 4 is 69.7 Å². The maximum Gasteiger partial charge on any atom is 0.272 e. The molecule has 0 bridgehead atoms. The van der Waals surface area contributed by atoms with Crippen LogP contribution in [0.2, 0.25) is 0 Å². The zero-order valence-corrected chi connectivity index (χ0v) is 26.9. The van der Waals surface area contributed by atoms with E-state index in [-0.39, 0.29) is 11.6 Å². The van der Waals surface area contributed by atoms with Crippen LogP contribution >= 0.6 is 35.1 Å². The fraction of sp³-hybridized carbons (Fsp3) is 0.194. The van der Waals surface area contributed by atoms with Crippen LogP contribution in [0.4, 0.5) is 10.8 Å². The van der Waals surface area contributed by atoms with E-state index in [0.29, 0.717) is 38.6 Å². The van der Waals surface area contributed by atoms with Crippen LogP contribution in [0, 0.1) is 0 Å². The monoisotopic (exact) mass is 649 g/mol. The van der Waals surface area contributed by atoms with Crippen molar-refractivity contribution in [1.82, 2.24) is 14.7 Å². The average Bonchev–Trinajstić information content (AvgIpc) is 3.47. The van der Waals surface area contributed by atoms with E-state index in [2.05, 4.69) is 25.3 Å². The Kier molecular flexibility index (Phi) is 11.8. The van der Waals surface area contributed by atoms with E-state index in [1.165, 1.54) is 43.8 Å². The van der Waals surface area contributed by atoms with Gasteiger partial charge in [-0.25, -0.2) is 0 Å². The van der Waals surface area contributed by atoms with Crippen molar-refractivity contribution in [2.75, 3.05) is 30.6 Å². The minimum absolute atomic E-state index is 0.00568. The molecule has 0 saturated heterocycles. The Morgan fingerprint density at radius 2 is 1.77 bits per heavy atom. The topological polar surface area (TPSA) is 132 Å². The van der Waals surface area contributed by atoms with Gasteiger partial charge in [-0.05, 0) is 67.3 Å². The molecule has 3 amide bonds. The Labute approximate surface area is 268 Å². The maximum atomic E-state index is 13.6. The second-order valence-corrected chi connectivity index (χ2v) is 12.4. The summed E-state index contributed by atoms with van der Waals surface area (Å²) < 4.78 is 15.0. The fourth-order valence-electron chi connectivity index (χ4n) is 3.81. The molecule has 10 nitrogen and oxygen atoms in total. The van der Waals surface area contributed by atoms with Crippen LogP contribution in [0.25, 0.3) is 6.08 Å². The highest BCUT2D eigenvalue weighted by Gasteiger charge is 2.19. The number of nitrogens with one attached hydrogen (secondary N) is 3. The van der Waals surface area contributed by atoms with Gasteiger partial charge in [0.2, 0.25) is 16.2 Å². The van der Waals surface area contributed by atoms with Gasteiger partial charge in [0.15, 0.2) is 0 Å². The molecule has 0 fully saturated rings. The van der Waals surface area contributed by atoms with Crippen LogP contribution in [0.1, 0.15) is 29.8 Å². The number of anilines is 2. The molecule has 3 N–H and O–H groups in total. The lowest BCUT2D eigenvalue weighted by molar-refractivity contribution is -0.115. The Hall–Kier alpha value is -4.33. The van der Waals surface area contributed by atoms with Crippen molar-refractivity contribution in [3.05, 3.63) is 89.6 Å². The highest BCUT2D eigenvalue weighted by atomic mass is 32.2. The molecule has 1 heterocycles. The molecule has 44 heavy (non-hydrogen) atoms. The predicted molar refractivity (Wildman–Crippen MR) is 177 cm³/mol. The van der Waals surface area contributed by atoms with E-state index in [9.17, 15) is 14.4 Å². The standard InChI is InChI=1S/C31H31N5O5S3/c1-5-42-31-35-30(44-36-31)34-27(37)19(2)43-24-13-9-12-22(18-24)32-29(39)25(33-28(38)20-10-7-6-8-11-20)17-21-16-23(40-3)14-15-26(21)41-4/h6-19H,5H2,1-4H3,(H,32,39)(H,33,38)(H,34,35,36,37)/b25-17+. The van der Waals surface area contributed by atoms with Crippen LogP contribution in [0.5, 0.6) is 11.5 Å². The number of hydrogen-bond donors (Lipinski definition) is 3. The van der Waals surface area contributed by atoms with E-state index in [1.54, 1.807) is 73.7 Å². The van der Waals surface area contributed by atoms with Gasteiger partial charge in [0.05, 0.1) is 19.5 Å². The van der Waals surface area contributed by atoms with E-state index >= 15 is 0 Å². The van der Waals surface area contributed by atoms with Crippen LogP contribution in [0.3, 0.4) is 0 Å². The molecular formula is C31H31N5O5S3. The zero-order valence-electron chi connectivity index (χ0n) is 24.5. The molecule has 1 atom stereocenters. The summed E-state index contributed by atoms with van der Waals surface area (Å²) in [5.74, 6) is 0.674. The number of benzene rings is 3. The number of ether oxygens (including phenoxy) is 2. The van der Waals surface area contributed by atoms with Gasteiger partial charge in [-0.3, -0.25) is 19.7 Å². The van der Waals surface area contributed by atoms with Crippen molar-refractivity contribution in [2.24, 2.45) is 0 Å². The summed E-state index contributed by atoms with van der Waals surface area (Å²) in [7, 11) is 3.05. The van der Waals surface area contributed by atoms with E-state index in [4.69, 9.17) is 9.47 Å². The number of carbonyl (C=O) groups is 3. The maximum absolute atomic E-state index is 13.6. The largest absolute Gasteiger partial charge is 0.497 e. The summed E-state index contributed by atoms with van der Waals surface area (Å²) in [6.07, 6.45) is 1.53. The highest BCUT2D eigenvalue weighted by Crippen LogP contribution is 2.29. The third-order valence-electron chi connectivity index (χ3n) is 5.95. The second-order valence-electron chi connectivity index (χ2n) is 9.03. The van der Waals surface area contributed by atoms with E-state index in [1.807, 2.05) is 13.0 Å². The van der Waals surface area contributed by atoms with Gasteiger partial charge in [0, 0.05) is 33.2 Å². The predicted octanol–water partition coefficient (Wildman–Crippen LogP) is 6.20. The minimum Gasteiger partial charge on any atom is -0.497 e. The summed E-state index contributed by atoms with van der Waals surface area (Å²) >= 11 is 3.98. The molecule has 4 rings (SSSR count). The SMILES string of the molecule is CCSc1nsc(NC(=O)C(C)Sc2cccc(NC(=O)/C(=C\c3cc(OC)ccc3OC)NC(=O)c3ccccc3)c2)n1. The first kappa shape index (κ1) is 32.6. The Balaban J connectivity index is 1.51.